The molecule has 4 rings (SSSR count). The third-order valence-corrected chi connectivity index (χ3v) is 8.82. The van der Waals surface area contributed by atoms with Gasteiger partial charge in [-0.05, 0) is 61.6 Å². The van der Waals surface area contributed by atoms with Gasteiger partial charge in [-0.3, -0.25) is 19.6 Å². The molecule has 0 spiro atoms. The van der Waals surface area contributed by atoms with Crippen LogP contribution in [-0.4, -0.2) is 25.5 Å². The van der Waals surface area contributed by atoms with Gasteiger partial charge in [0.1, 0.15) is 0 Å². The molecule has 1 aromatic carbocycles. The fraction of sp³-hybridized carbons (Fsp3) is 0.636. The van der Waals surface area contributed by atoms with Gasteiger partial charge in [-0.1, -0.05) is 38.3 Å². The van der Waals surface area contributed by atoms with Gasteiger partial charge in [-0.15, -0.1) is 0 Å². The van der Waals surface area contributed by atoms with Gasteiger partial charge < -0.3 is 0 Å². The van der Waals surface area contributed by atoms with E-state index in [-0.39, 0.29) is 35.5 Å². The number of imide groups is 1. The number of sulfonamides is 1. The van der Waals surface area contributed by atoms with Crippen molar-refractivity contribution in [1.82, 2.24) is 5.32 Å². The van der Waals surface area contributed by atoms with E-state index in [0.717, 1.165) is 38.5 Å². The zero-order chi connectivity index (χ0) is 20.6. The van der Waals surface area contributed by atoms with E-state index in [1.165, 1.54) is 5.56 Å². The Kier molecular flexibility index (Phi) is 5.69. The summed E-state index contributed by atoms with van der Waals surface area (Å²) in [5.41, 5.74) is 1.77. The van der Waals surface area contributed by atoms with Gasteiger partial charge in [-0.25, -0.2) is 8.42 Å². The summed E-state index contributed by atoms with van der Waals surface area (Å²) >= 11 is 0. The molecule has 158 valence electrons. The summed E-state index contributed by atoms with van der Waals surface area (Å²) in [5.74, 6) is -0.833. The number of benzene rings is 1. The zero-order valence-electron chi connectivity index (χ0n) is 16.9. The molecule has 1 saturated heterocycles. The average Bonchev–Trinajstić information content (AvgIpc) is 2.70. The molecule has 5 atom stereocenters. The van der Waals surface area contributed by atoms with Crippen LogP contribution >= 0.6 is 0 Å². The predicted molar refractivity (Wildman–Crippen MR) is 112 cm³/mol. The minimum Gasteiger partial charge on any atom is -0.296 e. The Morgan fingerprint density at radius 3 is 2.48 bits per heavy atom. The molecule has 1 heterocycles. The third kappa shape index (κ3) is 4.06. The van der Waals surface area contributed by atoms with Crippen molar-refractivity contribution in [1.29, 1.82) is 0 Å². The number of unbranched alkanes of at least 4 members (excludes halogenated alkanes) is 1. The molecule has 2 saturated carbocycles. The Balaban J connectivity index is 1.49. The van der Waals surface area contributed by atoms with Crippen LogP contribution in [0.1, 0.15) is 57.4 Å². The summed E-state index contributed by atoms with van der Waals surface area (Å²) in [7, 11) is -3.61. The van der Waals surface area contributed by atoms with Gasteiger partial charge in [0.25, 0.3) is 0 Å². The van der Waals surface area contributed by atoms with E-state index >= 15 is 0 Å². The van der Waals surface area contributed by atoms with Crippen LogP contribution in [0, 0.1) is 23.7 Å². The van der Waals surface area contributed by atoms with E-state index in [1.807, 2.05) is 24.3 Å². The Morgan fingerprint density at radius 1 is 1.03 bits per heavy atom. The zero-order valence-corrected chi connectivity index (χ0v) is 17.7. The quantitative estimate of drug-likeness (QED) is 0.694. The molecule has 2 amide bonds. The topological polar surface area (TPSA) is 92.3 Å². The number of aryl methyl sites for hydroxylation is 1. The number of amides is 2. The van der Waals surface area contributed by atoms with Crippen molar-refractivity contribution in [2.45, 2.75) is 63.5 Å². The SMILES string of the molecule is CCCCc1ccc(NS(=O)(=O)C2CC3CCCC4C(=O)NC(=O)C(C2)C34)cc1. The summed E-state index contributed by atoms with van der Waals surface area (Å²) in [4.78, 5) is 24.7. The Morgan fingerprint density at radius 2 is 1.76 bits per heavy atom. The molecule has 0 radical (unpaired) electrons. The van der Waals surface area contributed by atoms with Gasteiger partial charge in [0, 0.05) is 17.5 Å². The number of anilines is 1. The van der Waals surface area contributed by atoms with Crippen LogP contribution in [0.2, 0.25) is 0 Å². The number of carbonyl (C=O) groups is 2. The lowest BCUT2D eigenvalue weighted by molar-refractivity contribution is -0.149. The lowest BCUT2D eigenvalue weighted by atomic mass is 9.59. The summed E-state index contributed by atoms with van der Waals surface area (Å²) < 4.78 is 29.0. The van der Waals surface area contributed by atoms with Crippen molar-refractivity contribution in [3.8, 4) is 0 Å². The highest BCUT2D eigenvalue weighted by molar-refractivity contribution is 7.93. The molecule has 0 aromatic heterocycles. The minimum atomic E-state index is -3.61. The predicted octanol–water partition coefficient (Wildman–Crippen LogP) is 3.24. The van der Waals surface area contributed by atoms with E-state index in [4.69, 9.17) is 0 Å². The number of hydrogen-bond acceptors (Lipinski definition) is 4. The van der Waals surface area contributed by atoms with Crippen LogP contribution < -0.4 is 10.0 Å². The van der Waals surface area contributed by atoms with Crippen LogP contribution in [0.5, 0.6) is 0 Å². The number of rotatable bonds is 6. The molecule has 0 bridgehead atoms. The van der Waals surface area contributed by atoms with Crippen molar-refractivity contribution < 1.29 is 18.0 Å². The fourth-order valence-electron chi connectivity index (χ4n) is 5.59. The molecule has 2 N–H and O–H groups in total. The van der Waals surface area contributed by atoms with Crippen LogP contribution in [0.15, 0.2) is 24.3 Å². The van der Waals surface area contributed by atoms with Crippen LogP contribution in [0.25, 0.3) is 0 Å². The molecule has 29 heavy (non-hydrogen) atoms. The lowest BCUT2D eigenvalue weighted by Gasteiger charge is -2.49. The van der Waals surface area contributed by atoms with Crippen molar-refractivity contribution >= 4 is 27.5 Å². The molecule has 3 aliphatic rings. The van der Waals surface area contributed by atoms with Gasteiger partial charge in [0.05, 0.1) is 5.25 Å². The molecule has 1 aromatic rings. The van der Waals surface area contributed by atoms with Crippen LogP contribution in [0.3, 0.4) is 0 Å². The Hall–Kier alpha value is -1.89. The highest BCUT2D eigenvalue weighted by Gasteiger charge is 2.53. The first kappa shape index (κ1) is 20.4. The van der Waals surface area contributed by atoms with Crippen LogP contribution in [-0.2, 0) is 26.0 Å². The minimum absolute atomic E-state index is 0.00861. The van der Waals surface area contributed by atoms with Crippen molar-refractivity contribution in [3.63, 3.8) is 0 Å². The second kappa shape index (κ2) is 8.09. The lowest BCUT2D eigenvalue weighted by Crippen LogP contribution is -2.58. The van der Waals surface area contributed by atoms with Crippen molar-refractivity contribution in [2.75, 3.05) is 4.72 Å². The van der Waals surface area contributed by atoms with Gasteiger partial charge >= 0.3 is 0 Å². The largest absolute Gasteiger partial charge is 0.296 e. The van der Waals surface area contributed by atoms with Gasteiger partial charge in [0.15, 0.2) is 0 Å². The number of piperidine rings is 1. The van der Waals surface area contributed by atoms with Gasteiger partial charge in [-0.2, -0.15) is 0 Å². The molecule has 1 aliphatic heterocycles. The van der Waals surface area contributed by atoms with Crippen LogP contribution in [0.4, 0.5) is 5.69 Å². The summed E-state index contributed by atoms with van der Waals surface area (Å²) in [6.07, 6.45) is 6.67. The maximum Gasteiger partial charge on any atom is 0.235 e. The molecule has 5 unspecified atom stereocenters. The molecule has 2 aliphatic carbocycles. The van der Waals surface area contributed by atoms with Gasteiger partial charge in [0.2, 0.25) is 21.8 Å². The van der Waals surface area contributed by atoms with E-state index in [1.54, 1.807) is 0 Å². The first-order valence-corrected chi connectivity index (χ1v) is 12.4. The number of hydrogen-bond donors (Lipinski definition) is 2. The summed E-state index contributed by atoms with van der Waals surface area (Å²) in [5, 5.41) is 1.88. The molecule has 7 heteroatoms. The first-order chi connectivity index (χ1) is 13.9. The maximum absolute atomic E-state index is 13.1. The Labute approximate surface area is 172 Å². The van der Waals surface area contributed by atoms with Crippen molar-refractivity contribution in [2.24, 2.45) is 23.7 Å². The average molecular weight is 419 g/mol. The van der Waals surface area contributed by atoms with E-state index < -0.39 is 15.3 Å². The second-order valence-electron chi connectivity index (χ2n) is 8.88. The Bertz CT molecular complexity index is 881. The maximum atomic E-state index is 13.1. The van der Waals surface area contributed by atoms with E-state index in [9.17, 15) is 18.0 Å². The highest BCUT2D eigenvalue weighted by atomic mass is 32.2. The molecule has 3 fully saturated rings. The monoisotopic (exact) mass is 418 g/mol. The second-order valence-corrected chi connectivity index (χ2v) is 10.8. The molecule has 6 nitrogen and oxygen atoms in total. The first-order valence-electron chi connectivity index (χ1n) is 10.8. The summed E-state index contributed by atoms with van der Waals surface area (Å²) in [6.45, 7) is 2.15. The normalized spacial score (nSPS) is 31.7. The third-order valence-electron chi connectivity index (χ3n) is 7.04. The van der Waals surface area contributed by atoms with Crippen molar-refractivity contribution in [3.05, 3.63) is 29.8 Å². The standard InChI is InChI=1S/C22H30N2O4S/c1-2-3-5-14-8-10-16(11-9-14)24-29(27,28)17-12-15-6-4-7-18-20(15)19(13-17)22(26)23-21(18)25/h8-11,15,17-20,24H,2-7,12-13H2,1H3,(H,23,25,26). The fourth-order valence-corrected chi connectivity index (χ4v) is 7.18. The smallest absolute Gasteiger partial charge is 0.235 e. The van der Waals surface area contributed by atoms with E-state index in [2.05, 4.69) is 17.0 Å². The van der Waals surface area contributed by atoms with E-state index in [0.29, 0.717) is 18.5 Å². The number of carbonyl (C=O) groups excluding carboxylic acids is 2. The molecular weight excluding hydrogens is 388 g/mol. The summed E-state index contributed by atoms with van der Waals surface area (Å²) in [6, 6.07) is 7.57. The molecular formula is C22H30N2O4S. The highest BCUT2D eigenvalue weighted by Crippen LogP contribution is 2.50. The number of nitrogens with one attached hydrogen (secondary N) is 2.